The average molecular weight is 376 g/mol. The molecule has 28 heavy (non-hydrogen) atoms. The number of rotatable bonds is 6. The van der Waals surface area contributed by atoms with Crippen molar-refractivity contribution in [3.8, 4) is 23.2 Å². The first-order valence-electron chi connectivity index (χ1n) is 8.53. The first kappa shape index (κ1) is 19.1. The normalized spacial score (nSPS) is 10.2. The zero-order valence-corrected chi connectivity index (χ0v) is 15.2. The van der Waals surface area contributed by atoms with Crippen LogP contribution in [0.4, 0.5) is 4.39 Å². The predicted octanol–water partition coefficient (Wildman–Crippen LogP) is 4.05. The van der Waals surface area contributed by atoms with Crippen molar-refractivity contribution in [3.63, 3.8) is 0 Å². The van der Waals surface area contributed by atoms with Crippen molar-refractivity contribution >= 4 is 5.97 Å². The molecule has 0 aliphatic carbocycles. The van der Waals surface area contributed by atoms with Crippen molar-refractivity contribution in [2.75, 3.05) is 7.11 Å². The van der Waals surface area contributed by atoms with Crippen LogP contribution in [0.25, 0.3) is 11.3 Å². The van der Waals surface area contributed by atoms with E-state index in [2.05, 4.69) is 9.72 Å². The molecule has 6 heteroatoms. The number of nitriles is 1. The fraction of sp³-hybridized carbons (Fsp3) is 0.136. The minimum Gasteiger partial charge on any atom is -0.473 e. The van der Waals surface area contributed by atoms with E-state index in [0.29, 0.717) is 17.1 Å². The highest BCUT2D eigenvalue weighted by Gasteiger charge is 2.08. The molecule has 5 nitrogen and oxygen atoms in total. The van der Waals surface area contributed by atoms with Crippen LogP contribution in [-0.2, 0) is 22.6 Å². The van der Waals surface area contributed by atoms with E-state index >= 15 is 0 Å². The first-order valence-corrected chi connectivity index (χ1v) is 8.53. The van der Waals surface area contributed by atoms with Crippen molar-refractivity contribution in [1.82, 2.24) is 4.98 Å². The van der Waals surface area contributed by atoms with Crippen molar-refractivity contribution in [1.29, 1.82) is 5.26 Å². The van der Waals surface area contributed by atoms with E-state index in [9.17, 15) is 9.18 Å². The minimum absolute atomic E-state index is 0.00601. The van der Waals surface area contributed by atoms with Gasteiger partial charge in [-0.3, -0.25) is 4.79 Å². The number of carbonyl (C=O) groups is 1. The van der Waals surface area contributed by atoms with Gasteiger partial charge in [0.1, 0.15) is 12.4 Å². The average Bonchev–Trinajstić information content (AvgIpc) is 2.73. The van der Waals surface area contributed by atoms with Crippen molar-refractivity contribution in [2.24, 2.45) is 0 Å². The van der Waals surface area contributed by atoms with Gasteiger partial charge >= 0.3 is 5.97 Å². The Morgan fingerprint density at radius 2 is 1.93 bits per heavy atom. The van der Waals surface area contributed by atoms with E-state index < -0.39 is 5.82 Å². The number of hydrogen-bond acceptors (Lipinski definition) is 5. The van der Waals surface area contributed by atoms with Crippen LogP contribution < -0.4 is 4.74 Å². The van der Waals surface area contributed by atoms with Crippen LogP contribution in [0, 0.1) is 17.1 Å². The predicted molar refractivity (Wildman–Crippen MR) is 101 cm³/mol. The second-order valence-corrected chi connectivity index (χ2v) is 6.02. The highest BCUT2D eigenvalue weighted by atomic mass is 19.1. The quantitative estimate of drug-likeness (QED) is 0.607. The third-order valence-electron chi connectivity index (χ3n) is 4.11. The Morgan fingerprint density at radius 3 is 2.61 bits per heavy atom. The summed E-state index contributed by atoms with van der Waals surface area (Å²) in [6.07, 6.45) is 0.212. The van der Waals surface area contributed by atoms with Gasteiger partial charge in [0.25, 0.3) is 0 Å². The molecular weight excluding hydrogens is 359 g/mol. The van der Waals surface area contributed by atoms with E-state index in [1.165, 1.54) is 19.2 Å². The van der Waals surface area contributed by atoms with Gasteiger partial charge in [0.15, 0.2) is 0 Å². The number of ether oxygens (including phenoxy) is 2. The van der Waals surface area contributed by atoms with Crippen LogP contribution in [0.15, 0.2) is 60.7 Å². The Morgan fingerprint density at radius 1 is 1.14 bits per heavy atom. The van der Waals surface area contributed by atoms with E-state index in [-0.39, 0.29) is 24.6 Å². The topological polar surface area (TPSA) is 72.2 Å². The van der Waals surface area contributed by atoms with Crippen molar-refractivity contribution in [2.45, 2.75) is 13.0 Å². The van der Waals surface area contributed by atoms with Crippen molar-refractivity contribution in [3.05, 3.63) is 83.2 Å². The number of nitrogens with zero attached hydrogens (tertiary/aromatic N) is 2. The number of esters is 1. The highest BCUT2D eigenvalue weighted by Crippen LogP contribution is 2.21. The second-order valence-electron chi connectivity index (χ2n) is 6.02. The van der Waals surface area contributed by atoms with Crippen LogP contribution in [0.1, 0.15) is 16.7 Å². The summed E-state index contributed by atoms with van der Waals surface area (Å²) in [6.45, 7) is 0.00601. The Hall–Kier alpha value is -3.72. The molecule has 0 atom stereocenters. The summed E-state index contributed by atoms with van der Waals surface area (Å²) < 4.78 is 24.2. The summed E-state index contributed by atoms with van der Waals surface area (Å²) in [6, 6.07) is 18.9. The van der Waals surface area contributed by atoms with Gasteiger partial charge in [-0.2, -0.15) is 5.26 Å². The van der Waals surface area contributed by atoms with E-state index in [1.807, 2.05) is 36.4 Å². The van der Waals surface area contributed by atoms with Gasteiger partial charge < -0.3 is 9.47 Å². The molecule has 0 N–H and O–H groups in total. The Kier molecular flexibility index (Phi) is 5.97. The Labute approximate surface area is 162 Å². The lowest BCUT2D eigenvalue weighted by Gasteiger charge is -2.09. The van der Waals surface area contributed by atoms with Gasteiger partial charge in [-0.1, -0.05) is 36.4 Å². The van der Waals surface area contributed by atoms with Gasteiger partial charge in [-0.25, -0.2) is 9.37 Å². The maximum atomic E-state index is 14.0. The number of halogens is 1. The lowest BCUT2D eigenvalue weighted by Crippen LogP contribution is -2.04. The Bertz CT molecular complexity index is 1030. The Balaban J connectivity index is 1.70. The summed E-state index contributed by atoms with van der Waals surface area (Å²) in [5, 5.41) is 8.79. The molecular formula is C22H17FN2O3. The zero-order chi connectivity index (χ0) is 19.9. The summed E-state index contributed by atoms with van der Waals surface area (Å²) in [7, 11) is 1.36. The number of hydrogen-bond donors (Lipinski definition) is 0. The zero-order valence-electron chi connectivity index (χ0n) is 15.2. The smallest absolute Gasteiger partial charge is 0.309 e. The fourth-order valence-electron chi connectivity index (χ4n) is 2.57. The van der Waals surface area contributed by atoms with E-state index in [1.54, 1.807) is 18.2 Å². The van der Waals surface area contributed by atoms with Gasteiger partial charge in [0.2, 0.25) is 5.88 Å². The first-order chi connectivity index (χ1) is 13.6. The third kappa shape index (κ3) is 4.71. The standard InChI is InChI=1S/C22H17FN2O3/c1-27-22(26)12-15-5-8-17(9-6-15)20-3-2-4-21(25-20)28-14-18-10-7-16(13-24)11-19(18)23/h2-11H,12,14H2,1H3. The molecule has 3 aromatic rings. The summed E-state index contributed by atoms with van der Waals surface area (Å²) in [5.41, 5.74) is 3.01. The minimum atomic E-state index is -0.489. The number of benzene rings is 2. The molecule has 0 amide bonds. The third-order valence-corrected chi connectivity index (χ3v) is 4.11. The lowest BCUT2D eigenvalue weighted by molar-refractivity contribution is -0.139. The number of aromatic nitrogens is 1. The number of pyridine rings is 1. The molecule has 0 saturated carbocycles. The molecule has 0 bridgehead atoms. The van der Waals surface area contributed by atoms with Gasteiger partial charge in [0, 0.05) is 17.2 Å². The molecule has 0 unspecified atom stereocenters. The molecule has 0 radical (unpaired) electrons. The molecule has 0 aliphatic rings. The maximum absolute atomic E-state index is 14.0. The van der Waals surface area contributed by atoms with Gasteiger partial charge in [0.05, 0.1) is 30.9 Å². The molecule has 3 rings (SSSR count). The fourth-order valence-corrected chi connectivity index (χ4v) is 2.57. The lowest BCUT2D eigenvalue weighted by atomic mass is 10.1. The molecule has 2 aromatic carbocycles. The van der Waals surface area contributed by atoms with Crippen LogP contribution in [-0.4, -0.2) is 18.1 Å². The summed E-state index contributed by atoms with van der Waals surface area (Å²) >= 11 is 0. The van der Waals surface area contributed by atoms with Gasteiger partial charge in [-0.05, 0) is 23.8 Å². The van der Waals surface area contributed by atoms with E-state index in [0.717, 1.165) is 11.1 Å². The van der Waals surface area contributed by atoms with E-state index in [4.69, 9.17) is 10.00 Å². The molecule has 140 valence electrons. The van der Waals surface area contributed by atoms with Crippen LogP contribution in [0.3, 0.4) is 0 Å². The van der Waals surface area contributed by atoms with Crippen LogP contribution >= 0.6 is 0 Å². The molecule has 1 heterocycles. The maximum Gasteiger partial charge on any atom is 0.309 e. The monoisotopic (exact) mass is 376 g/mol. The summed E-state index contributed by atoms with van der Waals surface area (Å²) in [4.78, 5) is 15.8. The van der Waals surface area contributed by atoms with Crippen molar-refractivity contribution < 1.29 is 18.7 Å². The highest BCUT2D eigenvalue weighted by molar-refractivity contribution is 5.72. The number of carbonyl (C=O) groups excluding carboxylic acids is 1. The molecule has 0 spiro atoms. The molecule has 0 fully saturated rings. The largest absolute Gasteiger partial charge is 0.473 e. The second kappa shape index (κ2) is 8.78. The van der Waals surface area contributed by atoms with Gasteiger partial charge in [-0.15, -0.1) is 0 Å². The molecule has 0 saturated heterocycles. The molecule has 0 aliphatic heterocycles. The van der Waals surface area contributed by atoms with Crippen LogP contribution in [0.2, 0.25) is 0 Å². The SMILES string of the molecule is COC(=O)Cc1ccc(-c2cccc(OCc3ccc(C#N)cc3F)n2)cc1. The molecule has 1 aromatic heterocycles. The number of methoxy groups -OCH3 is 1. The van der Waals surface area contributed by atoms with Crippen LogP contribution in [0.5, 0.6) is 5.88 Å². The summed E-state index contributed by atoms with van der Waals surface area (Å²) in [5.74, 6) is -0.424.